The van der Waals surface area contributed by atoms with Crippen molar-refractivity contribution in [3.05, 3.63) is 11.4 Å². The van der Waals surface area contributed by atoms with E-state index >= 15 is 0 Å². The number of rotatable bonds is 5. The predicted molar refractivity (Wildman–Crippen MR) is 60.8 cm³/mol. The molecule has 0 bridgehead atoms. The van der Waals surface area contributed by atoms with Crippen molar-refractivity contribution in [2.45, 2.75) is 45.5 Å². The maximum Gasteiger partial charge on any atom is 0.101 e. The first-order chi connectivity index (χ1) is 7.20. The molecule has 0 unspecified atom stereocenters. The van der Waals surface area contributed by atoms with Gasteiger partial charge >= 0.3 is 0 Å². The fourth-order valence-electron chi connectivity index (χ4n) is 1.78. The first kappa shape index (κ1) is 10.9. The largest absolute Gasteiger partial charge is 0.249 e. The van der Waals surface area contributed by atoms with Gasteiger partial charge in [-0.1, -0.05) is 19.1 Å². The fourth-order valence-corrected chi connectivity index (χ4v) is 1.99. The van der Waals surface area contributed by atoms with E-state index in [1.807, 2.05) is 4.68 Å². The predicted octanol–water partition coefficient (Wildman–Crippen LogP) is 2.63. The van der Waals surface area contributed by atoms with Crippen LogP contribution in [-0.4, -0.2) is 15.0 Å². The Kier molecular flexibility index (Phi) is 3.29. The number of alkyl halides is 1. The summed E-state index contributed by atoms with van der Waals surface area (Å²) in [6, 6.07) is 0. The summed E-state index contributed by atoms with van der Waals surface area (Å²) >= 11 is 5.87. The normalized spacial score (nSPS) is 16.3. The molecule has 1 saturated carbocycles. The Hall–Kier alpha value is -0.570. The Morgan fingerprint density at radius 2 is 2.20 bits per heavy atom. The fraction of sp³-hybridized carbons (Fsp3) is 0.818. The van der Waals surface area contributed by atoms with Gasteiger partial charge in [-0.25, -0.2) is 4.68 Å². The van der Waals surface area contributed by atoms with Crippen molar-refractivity contribution in [3.63, 3.8) is 0 Å². The summed E-state index contributed by atoms with van der Waals surface area (Å²) in [5.74, 6) is 1.95. The summed E-state index contributed by atoms with van der Waals surface area (Å²) in [5, 5.41) is 8.34. The Morgan fingerprint density at radius 1 is 1.47 bits per heavy atom. The Morgan fingerprint density at radius 3 is 2.73 bits per heavy atom. The molecule has 0 saturated heterocycles. The first-order valence-electron chi connectivity index (χ1n) is 5.68. The van der Waals surface area contributed by atoms with E-state index in [9.17, 15) is 0 Å². The number of hydrogen-bond donors (Lipinski definition) is 0. The van der Waals surface area contributed by atoms with E-state index in [-0.39, 0.29) is 0 Å². The zero-order valence-electron chi connectivity index (χ0n) is 9.41. The molecule has 1 aliphatic carbocycles. The Labute approximate surface area is 95.8 Å². The smallest absolute Gasteiger partial charge is 0.101 e. The third-order valence-electron chi connectivity index (χ3n) is 2.76. The van der Waals surface area contributed by atoms with Gasteiger partial charge in [-0.15, -0.1) is 16.7 Å². The summed E-state index contributed by atoms with van der Waals surface area (Å²) < 4.78 is 2.04. The van der Waals surface area contributed by atoms with Crippen LogP contribution >= 0.6 is 11.6 Å². The van der Waals surface area contributed by atoms with Gasteiger partial charge < -0.3 is 0 Å². The molecule has 0 atom stereocenters. The maximum absolute atomic E-state index is 5.87. The number of aromatic nitrogens is 3. The minimum Gasteiger partial charge on any atom is -0.249 e. The molecule has 1 aliphatic rings. The van der Waals surface area contributed by atoms with Crippen LogP contribution < -0.4 is 0 Å². The molecule has 1 aromatic heterocycles. The van der Waals surface area contributed by atoms with Crippen LogP contribution in [-0.2, 0) is 18.8 Å². The van der Waals surface area contributed by atoms with Crippen molar-refractivity contribution in [1.82, 2.24) is 15.0 Å². The second-order valence-corrected chi connectivity index (χ2v) is 5.11. The summed E-state index contributed by atoms with van der Waals surface area (Å²) in [6.07, 6.45) is 3.82. The Bertz CT molecular complexity index is 329. The van der Waals surface area contributed by atoms with Crippen LogP contribution in [0.1, 0.15) is 38.1 Å². The molecule has 0 aromatic carbocycles. The lowest BCUT2D eigenvalue weighted by molar-refractivity contribution is 0.455. The summed E-state index contributed by atoms with van der Waals surface area (Å²) in [4.78, 5) is 0. The minimum absolute atomic E-state index is 0.486. The van der Waals surface area contributed by atoms with Gasteiger partial charge in [0, 0.05) is 6.54 Å². The van der Waals surface area contributed by atoms with Crippen molar-refractivity contribution in [3.8, 4) is 0 Å². The molecule has 1 heterocycles. The van der Waals surface area contributed by atoms with E-state index in [0.29, 0.717) is 11.8 Å². The van der Waals surface area contributed by atoms with Gasteiger partial charge in [0.15, 0.2) is 0 Å². The average Bonchev–Trinajstić information content (AvgIpc) is 2.91. The third kappa shape index (κ3) is 2.71. The van der Waals surface area contributed by atoms with Crippen molar-refractivity contribution in [2.24, 2.45) is 11.8 Å². The molecule has 0 radical (unpaired) electrons. The molecule has 0 aliphatic heterocycles. The standard InChI is InChI=1S/C11H18ClN3/c1-8(2)7-15-11(5-9-3-4-9)10(6-12)13-14-15/h8-9H,3-7H2,1-2H3. The second-order valence-electron chi connectivity index (χ2n) is 4.84. The highest BCUT2D eigenvalue weighted by atomic mass is 35.5. The maximum atomic E-state index is 5.87. The zero-order valence-corrected chi connectivity index (χ0v) is 10.2. The topological polar surface area (TPSA) is 30.7 Å². The minimum atomic E-state index is 0.486. The van der Waals surface area contributed by atoms with Gasteiger partial charge in [0.05, 0.1) is 11.6 Å². The zero-order chi connectivity index (χ0) is 10.8. The van der Waals surface area contributed by atoms with E-state index in [1.165, 1.54) is 18.5 Å². The molecule has 3 nitrogen and oxygen atoms in total. The van der Waals surface area contributed by atoms with Crippen LogP contribution in [0, 0.1) is 11.8 Å². The van der Waals surface area contributed by atoms with Crippen molar-refractivity contribution >= 4 is 11.6 Å². The molecule has 1 fully saturated rings. The molecule has 0 N–H and O–H groups in total. The first-order valence-corrected chi connectivity index (χ1v) is 6.21. The lowest BCUT2D eigenvalue weighted by atomic mass is 10.1. The van der Waals surface area contributed by atoms with Gasteiger partial charge in [0.1, 0.15) is 5.69 Å². The number of nitrogens with zero attached hydrogens (tertiary/aromatic N) is 3. The second kappa shape index (κ2) is 4.52. The van der Waals surface area contributed by atoms with Crippen molar-refractivity contribution in [1.29, 1.82) is 0 Å². The van der Waals surface area contributed by atoms with Crippen LogP contribution in [0.4, 0.5) is 0 Å². The summed E-state index contributed by atoms with van der Waals surface area (Å²) in [5.41, 5.74) is 2.24. The van der Waals surface area contributed by atoms with Gasteiger partial charge in [-0.05, 0) is 31.1 Å². The van der Waals surface area contributed by atoms with E-state index in [2.05, 4.69) is 24.2 Å². The third-order valence-corrected chi connectivity index (χ3v) is 3.01. The van der Waals surface area contributed by atoms with Crippen molar-refractivity contribution in [2.75, 3.05) is 0 Å². The number of halogens is 1. The van der Waals surface area contributed by atoms with Crippen molar-refractivity contribution < 1.29 is 0 Å². The highest BCUT2D eigenvalue weighted by Gasteiger charge is 2.25. The van der Waals surface area contributed by atoms with Crippen LogP contribution in [0.25, 0.3) is 0 Å². The monoisotopic (exact) mass is 227 g/mol. The van der Waals surface area contributed by atoms with Crippen LogP contribution in [0.2, 0.25) is 0 Å². The lowest BCUT2D eigenvalue weighted by Gasteiger charge is -2.08. The molecular weight excluding hydrogens is 210 g/mol. The SMILES string of the molecule is CC(C)Cn1nnc(CCl)c1CC1CC1. The highest BCUT2D eigenvalue weighted by molar-refractivity contribution is 6.16. The molecular formula is C11H18ClN3. The van der Waals surface area contributed by atoms with Crippen LogP contribution in [0.3, 0.4) is 0 Å². The Balaban J connectivity index is 2.15. The van der Waals surface area contributed by atoms with Gasteiger partial charge in [0.2, 0.25) is 0 Å². The molecule has 4 heteroatoms. The van der Waals surface area contributed by atoms with Crippen LogP contribution in [0.15, 0.2) is 0 Å². The van der Waals surface area contributed by atoms with Gasteiger partial charge in [-0.2, -0.15) is 0 Å². The summed E-state index contributed by atoms with van der Waals surface area (Å²) in [7, 11) is 0. The molecule has 84 valence electrons. The highest BCUT2D eigenvalue weighted by Crippen LogP contribution is 2.33. The molecule has 0 spiro atoms. The molecule has 1 aromatic rings. The quantitative estimate of drug-likeness (QED) is 0.724. The van der Waals surface area contributed by atoms with E-state index in [1.54, 1.807) is 0 Å². The van der Waals surface area contributed by atoms with E-state index in [4.69, 9.17) is 11.6 Å². The lowest BCUT2D eigenvalue weighted by Crippen LogP contribution is -2.11. The summed E-state index contributed by atoms with van der Waals surface area (Å²) in [6.45, 7) is 5.35. The molecule has 15 heavy (non-hydrogen) atoms. The molecule has 0 amide bonds. The average molecular weight is 228 g/mol. The van der Waals surface area contributed by atoms with E-state index in [0.717, 1.165) is 24.6 Å². The van der Waals surface area contributed by atoms with E-state index < -0.39 is 0 Å². The molecule has 2 rings (SSSR count). The number of hydrogen-bond acceptors (Lipinski definition) is 2. The van der Waals surface area contributed by atoms with Gasteiger partial charge in [0.25, 0.3) is 0 Å². The van der Waals surface area contributed by atoms with Crippen LogP contribution in [0.5, 0.6) is 0 Å². The van der Waals surface area contributed by atoms with Gasteiger partial charge in [-0.3, -0.25) is 0 Å².